The second kappa shape index (κ2) is 9.71. The molecule has 2 fully saturated rings. The second-order valence-corrected chi connectivity index (χ2v) is 7.13. The van der Waals surface area contributed by atoms with E-state index in [-0.39, 0.29) is 0 Å². The third-order valence-electron chi connectivity index (χ3n) is 4.65. The number of aliphatic hydroxyl groups excluding tert-OH is 7. The Morgan fingerprint density at radius 2 is 1.29 bits per heavy atom. The van der Waals surface area contributed by atoms with Gasteiger partial charge < -0.3 is 54.7 Å². The average molecular weight is 412 g/mol. The van der Waals surface area contributed by atoms with Crippen LogP contribution in [0.4, 0.5) is 0 Å². The van der Waals surface area contributed by atoms with Crippen molar-refractivity contribution in [3.8, 4) is 0 Å². The Morgan fingerprint density at radius 3 is 1.75 bits per heavy atom. The van der Waals surface area contributed by atoms with Crippen LogP contribution >= 0.6 is 0 Å². The Kier molecular flexibility index (Phi) is 8.10. The lowest BCUT2D eigenvalue weighted by Crippen LogP contribution is -2.63. The van der Waals surface area contributed by atoms with E-state index < -0.39 is 86.5 Å². The normalized spacial score (nSPS) is 44.5. The van der Waals surface area contributed by atoms with Gasteiger partial charge in [0.15, 0.2) is 12.6 Å². The van der Waals surface area contributed by atoms with E-state index in [1.165, 1.54) is 0 Å². The monoisotopic (exact) mass is 412 g/mol. The molecule has 7 N–H and O–H groups in total. The Bertz CT molecular complexity index is 514. The van der Waals surface area contributed by atoms with Crippen molar-refractivity contribution in [3.05, 3.63) is 0 Å². The summed E-state index contributed by atoms with van der Waals surface area (Å²) in [5.74, 6) is -1.000. The summed E-state index contributed by atoms with van der Waals surface area (Å²) in [5.41, 5.74) is 0. The molecule has 0 amide bonds. The first kappa shape index (κ1) is 23.3. The summed E-state index contributed by atoms with van der Waals surface area (Å²) in [4.78, 5) is 11.6. The van der Waals surface area contributed by atoms with Crippen molar-refractivity contribution < 1.29 is 59.5 Å². The van der Waals surface area contributed by atoms with Crippen LogP contribution < -0.4 is 0 Å². The van der Waals surface area contributed by atoms with Gasteiger partial charge in [-0.2, -0.15) is 0 Å². The van der Waals surface area contributed by atoms with E-state index in [4.69, 9.17) is 18.9 Å². The second-order valence-electron chi connectivity index (χ2n) is 7.13. The van der Waals surface area contributed by atoms with Crippen molar-refractivity contribution in [2.45, 2.75) is 75.3 Å². The van der Waals surface area contributed by atoms with E-state index in [1.54, 1.807) is 13.8 Å². The molecule has 0 bridgehead atoms. The van der Waals surface area contributed by atoms with E-state index >= 15 is 0 Å². The smallest absolute Gasteiger partial charge is 0.308 e. The molecule has 10 atom stereocenters. The molecule has 0 spiro atoms. The molecule has 10 unspecified atom stereocenters. The molecule has 0 aromatic rings. The molecule has 0 radical (unpaired) electrons. The molecule has 0 aliphatic carbocycles. The number of hydrogen-bond donors (Lipinski definition) is 7. The fraction of sp³-hybridized carbons (Fsp3) is 0.938. The summed E-state index contributed by atoms with van der Waals surface area (Å²) in [6.07, 6.45) is -15.9. The molecule has 12 nitrogen and oxygen atoms in total. The molecule has 164 valence electrons. The van der Waals surface area contributed by atoms with Crippen molar-refractivity contribution in [1.29, 1.82) is 0 Å². The van der Waals surface area contributed by atoms with Crippen LogP contribution in [0.2, 0.25) is 0 Å². The first-order chi connectivity index (χ1) is 13.1. The Labute approximate surface area is 160 Å². The summed E-state index contributed by atoms with van der Waals surface area (Å²) in [7, 11) is 0. The Morgan fingerprint density at radius 1 is 0.821 bits per heavy atom. The molecular formula is C16H28O12. The first-order valence-corrected chi connectivity index (χ1v) is 8.90. The van der Waals surface area contributed by atoms with Crippen LogP contribution in [0, 0.1) is 5.92 Å². The molecule has 0 aromatic carbocycles. The molecule has 2 heterocycles. The number of carbonyl (C=O) groups excluding carboxylic acids is 1. The largest absolute Gasteiger partial charge is 0.463 e. The van der Waals surface area contributed by atoms with Gasteiger partial charge in [-0.3, -0.25) is 4.79 Å². The molecule has 2 rings (SSSR count). The van der Waals surface area contributed by atoms with Crippen LogP contribution in [0.3, 0.4) is 0 Å². The maximum atomic E-state index is 11.6. The van der Waals surface area contributed by atoms with Gasteiger partial charge in [-0.1, -0.05) is 13.8 Å². The van der Waals surface area contributed by atoms with Crippen LogP contribution in [-0.2, 0) is 23.7 Å². The number of carbonyl (C=O) groups is 1. The molecule has 0 saturated carbocycles. The van der Waals surface area contributed by atoms with Crippen LogP contribution in [-0.4, -0.2) is 116 Å². The van der Waals surface area contributed by atoms with Gasteiger partial charge in [-0.05, 0) is 0 Å². The van der Waals surface area contributed by atoms with Gasteiger partial charge in [0, 0.05) is 0 Å². The van der Waals surface area contributed by atoms with Crippen molar-refractivity contribution in [2.75, 3.05) is 13.2 Å². The molecule has 28 heavy (non-hydrogen) atoms. The van der Waals surface area contributed by atoms with Gasteiger partial charge in [0.05, 0.1) is 12.5 Å². The van der Waals surface area contributed by atoms with Crippen LogP contribution in [0.5, 0.6) is 0 Å². The van der Waals surface area contributed by atoms with Crippen LogP contribution in [0.1, 0.15) is 13.8 Å². The number of rotatable bonds is 6. The number of esters is 1. The molecule has 12 heteroatoms. The minimum atomic E-state index is -1.76. The van der Waals surface area contributed by atoms with Gasteiger partial charge >= 0.3 is 5.97 Å². The average Bonchev–Trinajstić information content (AvgIpc) is 2.67. The molecule has 2 saturated heterocycles. The van der Waals surface area contributed by atoms with Gasteiger partial charge in [-0.25, -0.2) is 0 Å². The predicted octanol–water partition coefficient (Wildman–Crippen LogP) is -4.19. The fourth-order valence-corrected chi connectivity index (χ4v) is 2.81. The zero-order valence-corrected chi connectivity index (χ0v) is 15.4. The first-order valence-electron chi connectivity index (χ1n) is 8.90. The zero-order valence-electron chi connectivity index (χ0n) is 15.4. The Balaban J connectivity index is 2.05. The van der Waals surface area contributed by atoms with Crippen molar-refractivity contribution >= 4 is 5.97 Å². The zero-order chi connectivity index (χ0) is 21.2. The lowest BCUT2D eigenvalue weighted by atomic mass is 9.98. The van der Waals surface area contributed by atoms with Gasteiger partial charge in [0.2, 0.25) is 0 Å². The lowest BCUT2D eigenvalue weighted by Gasteiger charge is -2.44. The number of ether oxygens (including phenoxy) is 4. The van der Waals surface area contributed by atoms with Crippen molar-refractivity contribution in [3.63, 3.8) is 0 Å². The molecule has 2 aliphatic rings. The highest BCUT2D eigenvalue weighted by Crippen LogP contribution is 2.28. The van der Waals surface area contributed by atoms with Gasteiger partial charge in [0.1, 0.15) is 55.4 Å². The van der Waals surface area contributed by atoms with E-state index in [1.807, 2.05) is 0 Å². The van der Waals surface area contributed by atoms with Crippen molar-refractivity contribution in [1.82, 2.24) is 0 Å². The summed E-state index contributed by atoms with van der Waals surface area (Å²) in [5, 5.41) is 68.9. The highest BCUT2D eigenvalue weighted by atomic mass is 16.8. The van der Waals surface area contributed by atoms with E-state index in [0.29, 0.717) is 0 Å². The predicted molar refractivity (Wildman–Crippen MR) is 87.3 cm³/mol. The third-order valence-corrected chi connectivity index (χ3v) is 4.65. The van der Waals surface area contributed by atoms with E-state index in [2.05, 4.69) is 0 Å². The summed E-state index contributed by atoms with van der Waals surface area (Å²) in [6, 6.07) is 0. The maximum Gasteiger partial charge on any atom is 0.308 e. The standard InChI is InChI=1S/C16H28O12/c1-5(2)14(24)25-4-7-9(19)11(21)13(23)16(27-7)28-15-12(22)10(20)8(18)6(3-17)26-15/h5-13,15-23H,3-4H2,1-2H3. The quantitative estimate of drug-likeness (QED) is 0.208. The lowest BCUT2D eigenvalue weighted by molar-refractivity contribution is -0.376. The van der Waals surface area contributed by atoms with Gasteiger partial charge in [-0.15, -0.1) is 0 Å². The van der Waals surface area contributed by atoms with Gasteiger partial charge in [0.25, 0.3) is 0 Å². The summed E-state index contributed by atoms with van der Waals surface area (Å²) >= 11 is 0. The van der Waals surface area contributed by atoms with Crippen molar-refractivity contribution in [2.24, 2.45) is 5.92 Å². The minimum absolute atomic E-state index is 0.433. The highest BCUT2D eigenvalue weighted by molar-refractivity contribution is 5.71. The van der Waals surface area contributed by atoms with E-state index in [9.17, 15) is 40.5 Å². The van der Waals surface area contributed by atoms with E-state index in [0.717, 1.165) is 0 Å². The molecule has 0 aromatic heterocycles. The molecule has 2 aliphatic heterocycles. The third kappa shape index (κ3) is 4.97. The highest BCUT2D eigenvalue weighted by Gasteiger charge is 2.49. The topological polar surface area (TPSA) is 196 Å². The number of aliphatic hydroxyl groups is 7. The van der Waals surface area contributed by atoms with Crippen LogP contribution in [0.15, 0.2) is 0 Å². The minimum Gasteiger partial charge on any atom is -0.463 e. The van der Waals surface area contributed by atoms with Crippen LogP contribution in [0.25, 0.3) is 0 Å². The Hall–Kier alpha value is -0.930. The maximum absolute atomic E-state index is 11.6. The number of hydrogen-bond acceptors (Lipinski definition) is 12. The SMILES string of the molecule is CC(C)C(=O)OCC1OC(OC2OC(CO)C(O)C(O)C2O)C(O)C(O)C1O. The fourth-order valence-electron chi connectivity index (χ4n) is 2.81. The summed E-state index contributed by atoms with van der Waals surface area (Å²) in [6.45, 7) is 2.08. The molecular weight excluding hydrogens is 384 g/mol. The summed E-state index contributed by atoms with van der Waals surface area (Å²) < 4.78 is 20.7.